The van der Waals surface area contributed by atoms with Crippen molar-refractivity contribution >= 4 is 47.2 Å². The quantitative estimate of drug-likeness (QED) is 0.269. The lowest BCUT2D eigenvalue weighted by atomic mass is 10.1. The summed E-state index contributed by atoms with van der Waals surface area (Å²) in [5, 5.41) is 11.1. The molecule has 0 radical (unpaired) electrons. The zero-order chi connectivity index (χ0) is 34.2. The highest BCUT2D eigenvalue weighted by Crippen LogP contribution is 2.29. The predicted molar refractivity (Wildman–Crippen MR) is 176 cm³/mol. The zero-order valence-electron chi connectivity index (χ0n) is 27.8. The van der Waals surface area contributed by atoms with Gasteiger partial charge in [0.2, 0.25) is 17.7 Å². The zero-order valence-corrected chi connectivity index (χ0v) is 27.8. The van der Waals surface area contributed by atoms with Crippen LogP contribution >= 0.6 is 0 Å². The SMILES string of the molecule is CCN(CC[C@H]1CCC(C)N1C(=O)NC(=O)C(C)NC)C(=O)Nc1ccc(NC(=O)N2CCC(=O)N3[C@H](CC[C@H]3C(N)=O)CC2)cc1. The molecular weight excluding hydrogens is 606 g/mol. The van der Waals surface area contributed by atoms with Gasteiger partial charge in [-0.05, 0) is 90.6 Å². The molecule has 3 saturated heterocycles. The van der Waals surface area contributed by atoms with Crippen LogP contribution in [0.5, 0.6) is 0 Å². The first-order chi connectivity index (χ1) is 22.4. The van der Waals surface area contributed by atoms with Crippen molar-refractivity contribution in [2.75, 3.05) is 43.9 Å². The lowest BCUT2D eigenvalue weighted by Crippen LogP contribution is -2.52. The largest absolute Gasteiger partial charge is 0.368 e. The summed E-state index contributed by atoms with van der Waals surface area (Å²) in [6.45, 7) is 7.10. The second kappa shape index (κ2) is 15.9. The molecule has 4 rings (SSSR count). The topological polar surface area (TPSA) is 190 Å². The van der Waals surface area contributed by atoms with E-state index in [9.17, 15) is 28.8 Å². The van der Waals surface area contributed by atoms with Gasteiger partial charge < -0.3 is 41.3 Å². The van der Waals surface area contributed by atoms with Gasteiger partial charge in [0.15, 0.2) is 0 Å². The molecule has 9 amide bonds. The first kappa shape index (κ1) is 35.5. The molecule has 1 aromatic carbocycles. The van der Waals surface area contributed by atoms with Crippen molar-refractivity contribution in [1.29, 1.82) is 0 Å². The molecule has 5 atom stereocenters. The fraction of sp³-hybridized carbons (Fsp3) is 0.625. The van der Waals surface area contributed by atoms with Gasteiger partial charge in [-0.2, -0.15) is 0 Å². The minimum Gasteiger partial charge on any atom is -0.368 e. The number of nitrogens with zero attached hydrogens (tertiary/aromatic N) is 4. The third-order valence-corrected chi connectivity index (χ3v) is 9.60. The Bertz CT molecular complexity index is 1320. The molecule has 0 spiro atoms. The maximum Gasteiger partial charge on any atom is 0.324 e. The van der Waals surface area contributed by atoms with Gasteiger partial charge in [-0.1, -0.05) is 0 Å². The first-order valence-corrected chi connectivity index (χ1v) is 16.6. The number of amides is 9. The number of fused-ring (bicyclic) bond motifs is 1. The van der Waals surface area contributed by atoms with Crippen LogP contribution in [-0.2, 0) is 14.4 Å². The van der Waals surface area contributed by atoms with Gasteiger partial charge >= 0.3 is 18.1 Å². The Labute approximate surface area is 275 Å². The standard InChI is InChI=1S/C32H49N9O6/c1-5-38(17-14-24-11-6-20(2)40(24)32(47)37-29(44)21(3)34-4)30(45)35-22-7-9-23(10-8-22)36-31(46)39-18-15-25-12-13-26(28(33)43)41(25)27(42)16-19-39/h7-10,20-21,24-26,34H,5-6,11-19H2,1-4H3,(H2,33,43)(H,35,45)(H,36,46)(H,37,44,47)/t20?,21?,24-,25-,26+/m1/s1. The van der Waals surface area contributed by atoms with Crippen LogP contribution in [0.3, 0.4) is 0 Å². The van der Waals surface area contributed by atoms with E-state index in [2.05, 4.69) is 21.3 Å². The van der Waals surface area contributed by atoms with E-state index in [-0.39, 0.29) is 55.0 Å². The van der Waals surface area contributed by atoms with Gasteiger partial charge in [0.1, 0.15) is 6.04 Å². The van der Waals surface area contributed by atoms with E-state index in [1.165, 1.54) is 0 Å². The average Bonchev–Trinajstić information content (AvgIpc) is 3.63. The number of primary amides is 1. The van der Waals surface area contributed by atoms with E-state index in [0.29, 0.717) is 56.7 Å². The van der Waals surface area contributed by atoms with Crippen LogP contribution in [0.15, 0.2) is 24.3 Å². The molecule has 3 fully saturated rings. The molecule has 0 aliphatic carbocycles. The molecular formula is C32H49N9O6. The summed E-state index contributed by atoms with van der Waals surface area (Å²) in [5.41, 5.74) is 6.60. The fourth-order valence-electron chi connectivity index (χ4n) is 6.68. The smallest absolute Gasteiger partial charge is 0.324 e. The van der Waals surface area contributed by atoms with E-state index in [1.54, 1.807) is 57.8 Å². The number of anilines is 2. The molecule has 3 aliphatic heterocycles. The summed E-state index contributed by atoms with van der Waals surface area (Å²) < 4.78 is 0. The number of urea groups is 3. The van der Waals surface area contributed by atoms with E-state index in [1.807, 2.05) is 13.8 Å². The van der Waals surface area contributed by atoms with Crippen LogP contribution < -0.4 is 27.0 Å². The Morgan fingerprint density at radius 3 is 2.28 bits per heavy atom. The Morgan fingerprint density at radius 2 is 1.64 bits per heavy atom. The van der Waals surface area contributed by atoms with Gasteiger partial charge in [0, 0.05) is 62.1 Å². The Kier molecular flexibility index (Phi) is 12.0. The number of rotatable bonds is 9. The number of carbonyl (C=O) groups excluding carboxylic acids is 6. The summed E-state index contributed by atoms with van der Waals surface area (Å²) >= 11 is 0. The number of benzene rings is 1. The van der Waals surface area contributed by atoms with Crippen LogP contribution in [0.25, 0.3) is 0 Å². The maximum atomic E-state index is 13.1. The van der Waals surface area contributed by atoms with Crippen molar-refractivity contribution in [3.05, 3.63) is 24.3 Å². The second-order valence-corrected chi connectivity index (χ2v) is 12.6. The monoisotopic (exact) mass is 655 g/mol. The molecule has 3 heterocycles. The molecule has 47 heavy (non-hydrogen) atoms. The normalized spacial score (nSPS) is 23.3. The van der Waals surface area contributed by atoms with Crippen molar-refractivity contribution < 1.29 is 28.8 Å². The number of hydrogen-bond acceptors (Lipinski definition) is 7. The minimum atomic E-state index is -0.568. The molecule has 2 unspecified atom stereocenters. The van der Waals surface area contributed by atoms with Gasteiger partial charge in [0.25, 0.3) is 0 Å². The van der Waals surface area contributed by atoms with Crippen LogP contribution in [0.4, 0.5) is 25.8 Å². The van der Waals surface area contributed by atoms with Gasteiger partial charge in [-0.15, -0.1) is 0 Å². The molecule has 3 aliphatic rings. The number of likely N-dealkylation sites (N-methyl/N-ethyl adjacent to an activating group) is 1. The van der Waals surface area contributed by atoms with Crippen LogP contribution in [-0.4, -0.2) is 119 Å². The summed E-state index contributed by atoms with van der Waals surface area (Å²) in [6, 6.07) is 4.50. The minimum absolute atomic E-state index is 0.0133. The predicted octanol–water partition coefficient (Wildman–Crippen LogP) is 2.10. The van der Waals surface area contributed by atoms with Crippen molar-refractivity contribution in [3.8, 4) is 0 Å². The number of hydrogen-bond donors (Lipinski definition) is 5. The Morgan fingerprint density at radius 1 is 0.957 bits per heavy atom. The second-order valence-electron chi connectivity index (χ2n) is 12.6. The van der Waals surface area contributed by atoms with Crippen LogP contribution in [0, 0.1) is 0 Å². The molecule has 0 bridgehead atoms. The van der Waals surface area contributed by atoms with Crippen LogP contribution in [0.1, 0.15) is 65.7 Å². The first-order valence-electron chi connectivity index (χ1n) is 16.6. The highest BCUT2D eigenvalue weighted by Gasteiger charge is 2.41. The van der Waals surface area contributed by atoms with Crippen molar-refractivity contribution in [2.24, 2.45) is 5.73 Å². The number of carbonyl (C=O) groups is 6. The molecule has 258 valence electrons. The van der Waals surface area contributed by atoms with E-state index >= 15 is 0 Å². The molecule has 6 N–H and O–H groups in total. The summed E-state index contributed by atoms with van der Waals surface area (Å²) in [5.74, 6) is -1.03. The number of likely N-dealkylation sites (tertiary alicyclic amines) is 1. The third-order valence-electron chi connectivity index (χ3n) is 9.60. The van der Waals surface area contributed by atoms with E-state index in [4.69, 9.17) is 5.73 Å². The third kappa shape index (κ3) is 8.70. The van der Waals surface area contributed by atoms with Gasteiger partial charge in [0.05, 0.1) is 6.04 Å². The van der Waals surface area contributed by atoms with Crippen LogP contribution in [0.2, 0.25) is 0 Å². The lowest BCUT2D eigenvalue weighted by Gasteiger charge is -2.34. The summed E-state index contributed by atoms with van der Waals surface area (Å²) in [7, 11) is 1.66. The lowest BCUT2D eigenvalue weighted by molar-refractivity contribution is -0.140. The van der Waals surface area contributed by atoms with Gasteiger partial charge in [-0.25, -0.2) is 14.4 Å². The molecule has 0 saturated carbocycles. The van der Waals surface area contributed by atoms with Crippen molar-refractivity contribution in [3.63, 3.8) is 0 Å². The Balaban J connectivity index is 1.26. The number of nitrogens with two attached hydrogens (primary N) is 1. The highest BCUT2D eigenvalue weighted by molar-refractivity contribution is 5.97. The summed E-state index contributed by atoms with van der Waals surface area (Å²) in [6.07, 6.45) is 4.11. The van der Waals surface area contributed by atoms with Crippen molar-refractivity contribution in [1.82, 2.24) is 30.2 Å². The number of nitrogens with one attached hydrogen (secondary N) is 4. The maximum absolute atomic E-state index is 13.1. The highest BCUT2D eigenvalue weighted by atomic mass is 16.2. The fourth-order valence-corrected chi connectivity index (χ4v) is 6.68. The molecule has 1 aromatic rings. The summed E-state index contributed by atoms with van der Waals surface area (Å²) in [4.78, 5) is 82.5. The van der Waals surface area contributed by atoms with Gasteiger partial charge in [-0.3, -0.25) is 19.7 Å². The molecule has 0 aromatic heterocycles. The van der Waals surface area contributed by atoms with E-state index < -0.39 is 24.0 Å². The number of imide groups is 1. The molecule has 15 heteroatoms. The Hall–Kier alpha value is -4.40. The van der Waals surface area contributed by atoms with Crippen molar-refractivity contribution in [2.45, 2.75) is 95.9 Å². The average molecular weight is 656 g/mol. The molecule has 15 nitrogen and oxygen atoms in total. The van der Waals surface area contributed by atoms with E-state index in [0.717, 1.165) is 12.8 Å².